The van der Waals surface area contributed by atoms with Gasteiger partial charge in [-0.3, -0.25) is 0 Å². The molecule has 0 bridgehead atoms. The molecule has 0 amide bonds. The fourth-order valence-corrected chi connectivity index (χ4v) is 2.25. The van der Waals surface area contributed by atoms with E-state index in [9.17, 15) is 0 Å². The summed E-state index contributed by atoms with van der Waals surface area (Å²) in [5, 5.41) is 0. The zero-order valence-electron chi connectivity index (χ0n) is 10.6. The molecule has 1 saturated heterocycles. The molecule has 1 unspecified atom stereocenters. The maximum absolute atomic E-state index is 5.75. The van der Waals surface area contributed by atoms with E-state index < -0.39 is 0 Å². The Morgan fingerprint density at radius 1 is 1.29 bits per heavy atom. The molecule has 0 aromatic heterocycles. The molecule has 2 rings (SSSR count). The monoisotopic (exact) mass is 234 g/mol. The van der Waals surface area contributed by atoms with E-state index in [1.165, 1.54) is 30.5 Å². The van der Waals surface area contributed by atoms with Gasteiger partial charge in [0.1, 0.15) is 0 Å². The SMILES string of the molecule is CN(CC1CCCCO1)c1ccc(CN)cc1. The highest BCUT2D eigenvalue weighted by molar-refractivity contribution is 5.46. The minimum absolute atomic E-state index is 0.392. The normalized spacial score (nSPS) is 20.2. The van der Waals surface area contributed by atoms with Crippen molar-refractivity contribution in [2.75, 3.05) is 25.1 Å². The average Bonchev–Trinajstić information content (AvgIpc) is 2.40. The fourth-order valence-electron chi connectivity index (χ4n) is 2.25. The number of nitrogens with two attached hydrogens (primary N) is 1. The number of benzene rings is 1. The second-order valence-corrected chi connectivity index (χ2v) is 4.74. The average molecular weight is 234 g/mol. The molecule has 0 spiro atoms. The van der Waals surface area contributed by atoms with Gasteiger partial charge in [-0.15, -0.1) is 0 Å². The summed E-state index contributed by atoms with van der Waals surface area (Å²) >= 11 is 0. The maximum atomic E-state index is 5.75. The Balaban J connectivity index is 1.91. The van der Waals surface area contributed by atoms with Gasteiger partial charge in [-0.05, 0) is 37.0 Å². The molecular weight excluding hydrogens is 212 g/mol. The number of anilines is 1. The molecule has 1 aliphatic heterocycles. The van der Waals surface area contributed by atoms with Crippen LogP contribution in [0, 0.1) is 0 Å². The van der Waals surface area contributed by atoms with Crippen LogP contribution >= 0.6 is 0 Å². The highest BCUT2D eigenvalue weighted by Gasteiger charge is 2.15. The third-order valence-electron chi connectivity index (χ3n) is 3.36. The highest BCUT2D eigenvalue weighted by Crippen LogP contribution is 2.18. The highest BCUT2D eigenvalue weighted by atomic mass is 16.5. The molecule has 0 radical (unpaired) electrons. The molecule has 1 aromatic carbocycles. The van der Waals surface area contributed by atoms with Crippen molar-refractivity contribution in [1.82, 2.24) is 0 Å². The Kier molecular flexibility index (Phi) is 4.40. The summed E-state index contributed by atoms with van der Waals surface area (Å²) < 4.78 is 5.75. The summed E-state index contributed by atoms with van der Waals surface area (Å²) in [6.45, 7) is 2.50. The van der Waals surface area contributed by atoms with Crippen LogP contribution in [-0.4, -0.2) is 26.3 Å². The van der Waals surface area contributed by atoms with Gasteiger partial charge < -0.3 is 15.4 Å². The van der Waals surface area contributed by atoms with Gasteiger partial charge in [0.05, 0.1) is 6.10 Å². The molecule has 1 fully saturated rings. The largest absolute Gasteiger partial charge is 0.376 e. The van der Waals surface area contributed by atoms with Crippen molar-refractivity contribution >= 4 is 5.69 Å². The van der Waals surface area contributed by atoms with E-state index in [-0.39, 0.29) is 0 Å². The van der Waals surface area contributed by atoms with Crippen LogP contribution in [0.15, 0.2) is 24.3 Å². The molecule has 3 nitrogen and oxygen atoms in total. The Bertz CT molecular complexity index is 331. The Morgan fingerprint density at radius 3 is 2.65 bits per heavy atom. The summed E-state index contributed by atoms with van der Waals surface area (Å²) in [5.74, 6) is 0. The molecule has 1 heterocycles. The standard InChI is InChI=1S/C14H22N2O/c1-16(11-14-4-2-3-9-17-14)13-7-5-12(10-15)6-8-13/h5-8,14H,2-4,9-11,15H2,1H3. The van der Waals surface area contributed by atoms with Crippen molar-refractivity contribution in [2.45, 2.75) is 31.9 Å². The third-order valence-corrected chi connectivity index (χ3v) is 3.36. The molecule has 17 heavy (non-hydrogen) atoms. The zero-order chi connectivity index (χ0) is 12.1. The second kappa shape index (κ2) is 6.03. The Hall–Kier alpha value is -1.06. The first-order valence-electron chi connectivity index (χ1n) is 6.41. The van der Waals surface area contributed by atoms with E-state index in [0.717, 1.165) is 13.2 Å². The summed E-state index contributed by atoms with van der Waals surface area (Å²) in [7, 11) is 2.12. The van der Waals surface area contributed by atoms with Gasteiger partial charge in [-0.25, -0.2) is 0 Å². The quantitative estimate of drug-likeness (QED) is 0.867. The molecule has 0 saturated carbocycles. The van der Waals surface area contributed by atoms with Crippen molar-refractivity contribution in [3.05, 3.63) is 29.8 Å². The van der Waals surface area contributed by atoms with Crippen LogP contribution in [0.5, 0.6) is 0 Å². The van der Waals surface area contributed by atoms with E-state index >= 15 is 0 Å². The van der Waals surface area contributed by atoms with Crippen molar-refractivity contribution in [3.63, 3.8) is 0 Å². The predicted octanol–water partition coefficient (Wildman–Crippen LogP) is 2.15. The van der Waals surface area contributed by atoms with E-state index in [1.807, 2.05) is 0 Å². The number of hydrogen-bond donors (Lipinski definition) is 1. The fraction of sp³-hybridized carbons (Fsp3) is 0.571. The summed E-state index contributed by atoms with van der Waals surface area (Å²) in [5.41, 5.74) is 8.00. The zero-order valence-corrected chi connectivity index (χ0v) is 10.6. The van der Waals surface area contributed by atoms with Gasteiger partial charge in [0.25, 0.3) is 0 Å². The van der Waals surface area contributed by atoms with Crippen LogP contribution in [0.25, 0.3) is 0 Å². The van der Waals surface area contributed by atoms with Crippen molar-refractivity contribution in [1.29, 1.82) is 0 Å². The van der Waals surface area contributed by atoms with Crippen molar-refractivity contribution in [3.8, 4) is 0 Å². The molecular formula is C14H22N2O. The molecule has 3 heteroatoms. The van der Waals surface area contributed by atoms with E-state index in [0.29, 0.717) is 12.6 Å². The van der Waals surface area contributed by atoms with Crippen LogP contribution < -0.4 is 10.6 Å². The van der Waals surface area contributed by atoms with Gasteiger partial charge >= 0.3 is 0 Å². The number of hydrogen-bond acceptors (Lipinski definition) is 3. The molecule has 0 aliphatic carbocycles. The molecule has 1 aromatic rings. The van der Waals surface area contributed by atoms with Gasteiger partial charge in [0.15, 0.2) is 0 Å². The first-order valence-corrected chi connectivity index (χ1v) is 6.41. The number of rotatable bonds is 4. The summed E-state index contributed by atoms with van der Waals surface area (Å²) in [6.07, 6.45) is 4.09. The van der Waals surface area contributed by atoms with Crippen LogP contribution in [0.1, 0.15) is 24.8 Å². The van der Waals surface area contributed by atoms with Crippen molar-refractivity contribution in [2.24, 2.45) is 5.73 Å². The summed E-state index contributed by atoms with van der Waals surface area (Å²) in [4.78, 5) is 2.26. The first kappa shape index (κ1) is 12.4. The number of ether oxygens (including phenoxy) is 1. The van der Waals surface area contributed by atoms with Crippen molar-refractivity contribution < 1.29 is 4.74 Å². The third kappa shape index (κ3) is 3.45. The second-order valence-electron chi connectivity index (χ2n) is 4.74. The van der Waals surface area contributed by atoms with Crippen LogP contribution in [0.2, 0.25) is 0 Å². The smallest absolute Gasteiger partial charge is 0.0749 e. The number of likely N-dealkylation sites (N-methyl/N-ethyl adjacent to an activating group) is 1. The lowest BCUT2D eigenvalue weighted by molar-refractivity contribution is 0.0216. The topological polar surface area (TPSA) is 38.5 Å². The number of nitrogens with zero attached hydrogens (tertiary/aromatic N) is 1. The van der Waals surface area contributed by atoms with Gasteiger partial charge in [-0.2, -0.15) is 0 Å². The van der Waals surface area contributed by atoms with Crippen LogP contribution in [0.4, 0.5) is 5.69 Å². The van der Waals surface area contributed by atoms with E-state index in [4.69, 9.17) is 10.5 Å². The Labute approximate surface area is 104 Å². The molecule has 94 valence electrons. The van der Waals surface area contributed by atoms with Gasteiger partial charge in [-0.1, -0.05) is 12.1 Å². The lowest BCUT2D eigenvalue weighted by atomic mass is 10.1. The lowest BCUT2D eigenvalue weighted by Crippen LogP contribution is -2.33. The lowest BCUT2D eigenvalue weighted by Gasteiger charge is -2.28. The van der Waals surface area contributed by atoms with Gasteiger partial charge in [0.2, 0.25) is 0 Å². The minimum atomic E-state index is 0.392. The first-order chi connectivity index (χ1) is 8.29. The molecule has 1 atom stereocenters. The van der Waals surface area contributed by atoms with Crippen LogP contribution in [-0.2, 0) is 11.3 Å². The molecule has 2 N–H and O–H groups in total. The van der Waals surface area contributed by atoms with E-state index in [1.54, 1.807) is 0 Å². The van der Waals surface area contributed by atoms with E-state index in [2.05, 4.69) is 36.2 Å². The maximum Gasteiger partial charge on any atom is 0.0749 e. The molecule has 1 aliphatic rings. The van der Waals surface area contributed by atoms with Gasteiger partial charge in [0, 0.05) is 32.4 Å². The minimum Gasteiger partial charge on any atom is -0.376 e. The summed E-state index contributed by atoms with van der Waals surface area (Å²) in [6, 6.07) is 8.44. The predicted molar refractivity (Wildman–Crippen MR) is 71.2 cm³/mol. The Morgan fingerprint density at radius 2 is 2.06 bits per heavy atom. The van der Waals surface area contributed by atoms with Crippen LogP contribution in [0.3, 0.4) is 0 Å².